The van der Waals surface area contributed by atoms with E-state index in [-0.39, 0.29) is 5.91 Å². The second-order valence-corrected chi connectivity index (χ2v) is 4.65. The van der Waals surface area contributed by atoms with Gasteiger partial charge in [-0.1, -0.05) is 0 Å². The summed E-state index contributed by atoms with van der Waals surface area (Å²) in [5, 5.41) is 6.24. The van der Waals surface area contributed by atoms with Crippen LogP contribution in [0.15, 0.2) is 0 Å². The van der Waals surface area contributed by atoms with Crippen LogP contribution in [0.5, 0.6) is 0 Å². The maximum absolute atomic E-state index is 11.3. The van der Waals surface area contributed by atoms with Gasteiger partial charge in [-0.25, -0.2) is 0 Å². The quantitative estimate of drug-likeness (QED) is 0.506. The zero-order chi connectivity index (χ0) is 13.1. The molecule has 0 radical (unpaired) electrons. The number of hydrogen-bond acceptors (Lipinski definition) is 4. The molecule has 0 aromatic carbocycles. The first kappa shape index (κ1) is 15.4. The fraction of sp³-hybridized carbons (Fsp3) is 0.923. The molecule has 5 nitrogen and oxygen atoms in total. The molecule has 1 rings (SSSR count). The Morgan fingerprint density at radius 1 is 1.17 bits per heavy atom. The molecule has 0 aromatic heterocycles. The highest BCUT2D eigenvalue weighted by molar-refractivity contribution is 5.76. The van der Waals surface area contributed by atoms with Crippen molar-refractivity contribution in [3.05, 3.63) is 0 Å². The molecule has 0 aromatic rings. The number of hydrogen-bond donors (Lipinski definition) is 2. The predicted molar refractivity (Wildman–Crippen MR) is 70.6 cm³/mol. The first-order chi connectivity index (χ1) is 8.83. The summed E-state index contributed by atoms with van der Waals surface area (Å²) >= 11 is 0. The van der Waals surface area contributed by atoms with Crippen LogP contribution in [0.1, 0.15) is 32.1 Å². The lowest BCUT2D eigenvalue weighted by Gasteiger charge is -2.06. The molecule has 1 amide bonds. The van der Waals surface area contributed by atoms with E-state index < -0.39 is 0 Å². The average Bonchev–Trinajstić information content (AvgIpc) is 3.15. The van der Waals surface area contributed by atoms with Crippen molar-refractivity contribution in [3.63, 3.8) is 0 Å². The second-order valence-electron chi connectivity index (χ2n) is 4.65. The molecule has 0 atom stereocenters. The van der Waals surface area contributed by atoms with E-state index in [0.717, 1.165) is 45.4 Å². The molecule has 1 fully saturated rings. The van der Waals surface area contributed by atoms with E-state index in [1.165, 1.54) is 0 Å². The van der Waals surface area contributed by atoms with Crippen molar-refractivity contribution >= 4 is 5.91 Å². The zero-order valence-corrected chi connectivity index (χ0v) is 11.4. The summed E-state index contributed by atoms with van der Waals surface area (Å²) in [6.07, 6.45) is 5.02. The van der Waals surface area contributed by atoms with Crippen molar-refractivity contribution < 1.29 is 14.3 Å². The van der Waals surface area contributed by atoms with E-state index in [4.69, 9.17) is 9.47 Å². The molecular weight excluding hydrogens is 232 g/mol. The fourth-order valence-electron chi connectivity index (χ4n) is 1.55. The van der Waals surface area contributed by atoms with Crippen LogP contribution in [0.25, 0.3) is 0 Å². The highest BCUT2D eigenvalue weighted by Crippen LogP contribution is 2.18. The maximum Gasteiger partial charge on any atom is 0.221 e. The number of carbonyl (C=O) groups is 1. The van der Waals surface area contributed by atoms with Crippen LogP contribution in [0, 0.1) is 0 Å². The minimum atomic E-state index is 0.174. The van der Waals surface area contributed by atoms with Crippen LogP contribution in [0.3, 0.4) is 0 Å². The Bertz CT molecular complexity index is 220. The van der Waals surface area contributed by atoms with Crippen LogP contribution in [-0.2, 0) is 14.3 Å². The van der Waals surface area contributed by atoms with E-state index in [0.29, 0.717) is 25.7 Å². The third kappa shape index (κ3) is 9.39. The Balaban J connectivity index is 1.71. The van der Waals surface area contributed by atoms with Gasteiger partial charge in [-0.15, -0.1) is 0 Å². The van der Waals surface area contributed by atoms with E-state index in [2.05, 4.69) is 10.6 Å². The smallest absolute Gasteiger partial charge is 0.221 e. The van der Waals surface area contributed by atoms with E-state index >= 15 is 0 Å². The van der Waals surface area contributed by atoms with E-state index in [1.54, 1.807) is 7.11 Å². The van der Waals surface area contributed by atoms with Gasteiger partial charge in [0.05, 0.1) is 13.2 Å². The number of rotatable bonds is 12. The topological polar surface area (TPSA) is 59.6 Å². The lowest BCUT2D eigenvalue weighted by molar-refractivity contribution is -0.121. The molecule has 0 unspecified atom stereocenters. The third-order valence-electron chi connectivity index (χ3n) is 2.80. The van der Waals surface area contributed by atoms with Crippen molar-refractivity contribution in [1.29, 1.82) is 0 Å². The SMILES string of the molecule is COCCOCCCCNCCC(=O)NC1CC1. The van der Waals surface area contributed by atoms with Crippen LogP contribution < -0.4 is 10.6 Å². The molecule has 0 saturated heterocycles. The highest BCUT2D eigenvalue weighted by atomic mass is 16.5. The van der Waals surface area contributed by atoms with Crippen LogP contribution >= 0.6 is 0 Å². The molecule has 2 N–H and O–H groups in total. The molecule has 18 heavy (non-hydrogen) atoms. The lowest BCUT2D eigenvalue weighted by Crippen LogP contribution is -2.29. The normalized spacial score (nSPS) is 14.7. The molecule has 0 aliphatic heterocycles. The first-order valence-electron chi connectivity index (χ1n) is 6.89. The Morgan fingerprint density at radius 3 is 2.72 bits per heavy atom. The molecular formula is C13H26N2O3. The molecule has 1 aliphatic carbocycles. The maximum atomic E-state index is 11.3. The summed E-state index contributed by atoms with van der Waals surface area (Å²) in [4.78, 5) is 11.3. The molecule has 0 spiro atoms. The van der Waals surface area contributed by atoms with Gasteiger partial charge in [0.2, 0.25) is 5.91 Å². The van der Waals surface area contributed by atoms with Crippen molar-refractivity contribution in [2.24, 2.45) is 0 Å². The molecule has 106 valence electrons. The summed E-state index contributed by atoms with van der Waals surface area (Å²) in [7, 11) is 1.67. The molecule has 0 heterocycles. The van der Waals surface area contributed by atoms with Gasteiger partial charge in [-0.2, -0.15) is 0 Å². The van der Waals surface area contributed by atoms with Gasteiger partial charge in [0, 0.05) is 32.7 Å². The summed E-state index contributed by atoms with van der Waals surface area (Å²) in [6, 6.07) is 0.474. The third-order valence-corrected chi connectivity index (χ3v) is 2.80. The number of amides is 1. The summed E-state index contributed by atoms with van der Waals surface area (Å²) in [6.45, 7) is 3.83. The number of unbranched alkanes of at least 4 members (excludes halogenated alkanes) is 1. The minimum absolute atomic E-state index is 0.174. The van der Waals surface area contributed by atoms with Crippen LogP contribution in [-0.4, -0.2) is 52.0 Å². The van der Waals surface area contributed by atoms with Crippen LogP contribution in [0.2, 0.25) is 0 Å². The summed E-state index contributed by atoms with van der Waals surface area (Å²) in [5.74, 6) is 0.174. The van der Waals surface area contributed by atoms with E-state index in [9.17, 15) is 4.79 Å². The monoisotopic (exact) mass is 258 g/mol. The van der Waals surface area contributed by atoms with Crippen molar-refractivity contribution in [1.82, 2.24) is 10.6 Å². The molecule has 1 aliphatic rings. The number of nitrogens with one attached hydrogen (secondary N) is 2. The van der Waals surface area contributed by atoms with Crippen molar-refractivity contribution in [2.45, 2.75) is 38.1 Å². The minimum Gasteiger partial charge on any atom is -0.382 e. The number of carbonyl (C=O) groups excluding carboxylic acids is 1. The van der Waals surface area contributed by atoms with Gasteiger partial charge >= 0.3 is 0 Å². The van der Waals surface area contributed by atoms with Crippen molar-refractivity contribution in [2.75, 3.05) is 40.0 Å². The predicted octanol–water partition coefficient (Wildman–Crippen LogP) is 0.688. The summed E-state index contributed by atoms with van der Waals surface area (Å²) in [5.41, 5.74) is 0. The number of methoxy groups -OCH3 is 1. The van der Waals surface area contributed by atoms with Gasteiger partial charge in [0.25, 0.3) is 0 Å². The van der Waals surface area contributed by atoms with Gasteiger partial charge in [0.1, 0.15) is 0 Å². The Labute approximate surface area is 110 Å². The Kier molecular flexibility index (Phi) is 8.81. The lowest BCUT2D eigenvalue weighted by atomic mass is 10.3. The molecule has 0 bridgehead atoms. The van der Waals surface area contributed by atoms with Gasteiger partial charge in [0.15, 0.2) is 0 Å². The highest BCUT2D eigenvalue weighted by Gasteiger charge is 2.22. The molecule has 1 saturated carbocycles. The van der Waals surface area contributed by atoms with E-state index in [1.807, 2.05) is 0 Å². The summed E-state index contributed by atoms with van der Waals surface area (Å²) < 4.78 is 10.2. The van der Waals surface area contributed by atoms with Crippen LogP contribution in [0.4, 0.5) is 0 Å². The average molecular weight is 258 g/mol. The standard InChI is InChI=1S/C13H26N2O3/c1-17-10-11-18-9-3-2-7-14-8-6-13(16)15-12-4-5-12/h12,14H,2-11H2,1H3,(H,15,16). The van der Waals surface area contributed by atoms with Gasteiger partial charge in [-0.3, -0.25) is 4.79 Å². The van der Waals surface area contributed by atoms with Gasteiger partial charge < -0.3 is 20.1 Å². The Hall–Kier alpha value is -0.650. The Morgan fingerprint density at radius 2 is 2.00 bits per heavy atom. The molecule has 5 heteroatoms. The zero-order valence-electron chi connectivity index (χ0n) is 11.4. The van der Waals surface area contributed by atoms with Crippen molar-refractivity contribution in [3.8, 4) is 0 Å². The van der Waals surface area contributed by atoms with Gasteiger partial charge in [-0.05, 0) is 32.2 Å². The fourth-order valence-corrected chi connectivity index (χ4v) is 1.55. The first-order valence-corrected chi connectivity index (χ1v) is 6.89. The largest absolute Gasteiger partial charge is 0.382 e. The number of ether oxygens (including phenoxy) is 2. The second kappa shape index (κ2) is 10.3.